The van der Waals surface area contributed by atoms with Crippen LogP contribution in [0.4, 0.5) is 4.39 Å². The van der Waals surface area contributed by atoms with Crippen molar-refractivity contribution < 1.29 is 9.13 Å². The molecule has 4 heteroatoms. The van der Waals surface area contributed by atoms with Gasteiger partial charge in [-0.25, -0.2) is 4.39 Å². The van der Waals surface area contributed by atoms with Crippen LogP contribution < -0.4 is 4.74 Å². The van der Waals surface area contributed by atoms with E-state index in [4.69, 9.17) is 10.00 Å². The number of nitriles is 1. The summed E-state index contributed by atoms with van der Waals surface area (Å²) in [6.45, 7) is 1.80. The molecule has 1 unspecified atom stereocenters. The van der Waals surface area contributed by atoms with Crippen LogP contribution in [0.3, 0.4) is 0 Å². The molecule has 0 amide bonds. The first-order valence-electron chi connectivity index (χ1n) is 5.48. The predicted octanol–water partition coefficient (Wildman–Crippen LogP) is 3.23. The van der Waals surface area contributed by atoms with E-state index in [2.05, 4.69) is 4.98 Å². The number of benzene rings is 1. The van der Waals surface area contributed by atoms with Crippen LogP contribution in [0.2, 0.25) is 0 Å². The summed E-state index contributed by atoms with van der Waals surface area (Å²) in [7, 11) is 0. The minimum Gasteiger partial charge on any atom is -0.483 e. The number of halogens is 1. The third-order valence-corrected chi connectivity index (χ3v) is 2.50. The van der Waals surface area contributed by atoms with Crippen molar-refractivity contribution in [1.29, 1.82) is 5.26 Å². The first kappa shape index (κ1) is 12.1. The molecule has 3 nitrogen and oxygen atoms in total. The molecule has 1 atom stereocenters. The molecule has 90 valence electrons. The second kappa shape index (κ2) is 5.28. The summed E-state index contributed by atoms with van der Waals surface area (Å²) in [5.74, 6) is -0.348. The molecule has 0 aliphatic rings. The van der Waals surface area contributed by atoms with Crippen LogP contribution in [0.25, 0.3) is 0 Å². The fraction of sp³-hybridized carbons (Fsp3) is 0.143. The molecule has 1 heterocycles. The summed E-state index contributed by atoms with van der Waals surface area (Å²) in [6, 6.07) is 11.6. The summed E-state index contributed by atoms with van der Waals surface area (Å²) in [6.07, 6.45) is 1.31. The maximum absolute atomic E-state index is 13.4. The number of pyridine rings is 1. The van der Waals surface area contributed by atoms with Crippen molar-refractivity contribution in [1.82, 2.24) is 4.98 Å². The van der Waals surface area contributed by atoms with Gasteiger partial charge in [0.15, 0.2) is 0 Å². The standard InChI is InChI=1S/C14H11FN2O/c1-10(13-6-2-3-8-17-13)18-14-7-4-5-12(15)11(14)9-16/h2-8,10H,1H3. The molecule has 0 saturated heterocycles. The highest BCUT2D eigenvalue weighted by Gasteiger charge is 2.13. The van der Waals surface area contributed by atoms with E-state index < -0.39 is 5.82 Å². The summed E-state index contributed by atoms with van der Waals surface area (Å²) in [5, 5.41) is 8.90. The minimum atomic E-state index is -0.580. The largest absolute Gasteiger partial charge is 0.483 e. The van der Waals surface area contributed by atoms with Crippen molar-refractivity contribution in [3.05, 3.63) is 59.7 Å². The molecule has 0 spiro atoms. The summed E-state index contributed by atoms with van der Waals surface area (Å²) in [4.78, 5) is 4.15. The summed E-state index contributed by atoms with van der Waals surface area (Å²) >= 11 is 0. The number of rotatable bonds is 3. The quantitative estimate of drug-likeness (QED) is 0.830. The molecule has 0 saturated carbocycles. The van der Waals surface area contributed by atoms with Gasteiger partial charge in [-0.15, -0.1) is 0 Å². The highest BCUT2D eigenvalue weighted by molar-refractivity contribution is 5.44. The Kier molecular flexibility index (Phi) is 3.54. The van der Waals surface area contributed by atoms with Crippen molar-refractivity contribution in [3.63, 3.8) is 0 Å². The Hall–Kier alpha value is -2.41. The van der Waals surface area contributed by atoms with E-state index in [1.807, 2.05) is 12.1 Å². The Balaban J connectivity index is 2.25. The topological polar surface area (TPSA) is 45.9 Å². The van der Waals surface area contributed by atoms with Gasteiger partial charge in [0.1, 0.15) is 29.3 Å². The van der Waals surface area contributed by atoms with Crippen LogP contribution in [0.15, 0.2) is 42.6 Å². The second-order valence-electron chi connectivity index (χ2n) is 3.74. The average molecular weight is 242 g/mol. The molecule has 1 aromatic heterocycles. The summed E-state index contributed by atoms with van der Waals surface area (Å²) < 4.78 is 19.0. The van der Waals surface area contributed by atoms with Gasteiger partial charge in [-0.05, 0) is 31.2 Å². The lowest BCUT2D eigenvalue weighted by atomic mass is 10.2. The Morgan fingerprint density at radius 1 is 1.28 bits per heavy atom. The highest BCUT2D eigenvalue weighted by atomic mass is 19.1. The maximum Gasteiger partial charge on any atom is 0.144 e. The van der Waals surface area contributed by atoms with Crippen molar-refractivity contribution in [2.24, 2.45) is 0 Å². The lowest BCUT2D eigenvalue weighted by Crippen LogP contribution is -2.06. The zero-order valence-corrected chi connectivity index (χ0v) is 9.80. The zero-order chi connectivity index (χ0) is 13.0. The fourth-order valence-electron chi connectivity index (χ4n) is 1.58. The third-order valence-electron chi connectivity index (χ3n) is 2.50. The van der Waals surface area contributed by atoms with Crippen LogP contribution in [0, 0.1) is 17.1 Å². The van der Waals surface area contributed by atoms with Gasteiger partial charge in [-0.1, -0.05) is 12.1 Å². The predicted molar refractivity (Wildman–Crippen MR) is 64.4 cm³/mol. The molecular weight excluding hydrogens is 231 g/mol. The molecule has 0 aliphatic carbocycles. The van der Waals surface area contributed by atoms with Crippen molar-refractivity contribution in [2.75, 3.05) is 0 Å². The first-order valence-corrected chi connectivity index (χ1v) is 5.48. The van der Waals surface area contributed by atoms with Gasteiger partial charge in [-0.3, -0.25) is 4.98 Å². The van der Waals surface area contributed by atoms with Crippen LogP contribution in [0.1, 0.15) is 24.3 Å². The molecule has 0 fully saturated rings. The average Bonchev–Trinajstić information content (AvgIpc) is 2.40. The van der Waals surface area contributed by atoms with E-state index in [0.717, 1.165) is 5.69 Å². The van der Waals surface area contributed by atoms with E-state index in [1.54, 1.807) is 31.3 Å². The Morgan fingerprint density at radius 3 is 2.78 bits per heavy atom. The first-order chi connectivity index (χ1) is 8.72. The van der Waals surface area contributed by atoms with Crippen LogP contribution >= 0.6 is 0 Å². The zero-order valence-electron chi connectivity index (χ0n) is 9.80. The number of ether oxygens (including phenoxy) is 1. The lowest BCUT2D eigenvalue weighted by molar-refractivity contribution is 0.220. The van der Waals surface area contributed by atoms with Gasteiger partial charge >= 0.3 is 0 Å². The smallest absolute Gasteiger partial charge is 0.144 e. The molecule has 0 bridgehead atoms. The second-order valence-corrected chi connectivity index (χ2v) is 3.74. The van der Waals surface area contributed by atoms with Gasteiger partial charge < -0.3 is 4.74 Å². The van der Waals surface area contributed by atoms with Crippen LogP contribution in [-0.4, -0.2) is 4.98 Å². The fourth-order valence-corrected chi connectivity index (χ4v) is 1.58. The van der Waals surface area contributed by atoms with Gasteiger partial charge in [0.05, 0.1) is 5.69 Å². The molecule has 2 rings (SSSR count). The van der Waals surface area contributed by atoms with Crippen molar-refractivity contribution in [3.8, 4) is 11.8 Å². The van der Waals surface area contributed by atoms with Crippen molar-refractivity contribution >= 4 is 0 Å². The highest BCUT2D eigenvalue weighted by Crippen LogP contribution is 2.25. The van der Waals surface area contributed by atoms with E-state index in [9.17, 15) is 4.39 Å². The van der Waals surface area contributed by atoms with Gasteiger partial charge in [0, 0.05) is 6.20 Å². The van der Waals surface area contributed by atoms with Gasteiger partial charge in [-0.2, -0.15) is 5.26 Å². The Bertz CT molecular complexity index is 578. The SMILES string of the molecule is CC(Oc1cccc(F)c1C#N)c1ccccn1. The van der Waals surface area contributed by atoms with Crippen LogP contribution in [-0.2, 0) is 0 Å². The number of nitrogens with zero attached hydrogens (tertiary/aromatic N) is 2. The number of aromatic nitrogens is 1. The minimum absolute atomic E-state index is 0.0831. The van der Waals surface area contributed by atoms with Gasteiger partial charge in [0.2, 0.25) is 0 Å². The van der Waals surface area contributed by atoms with E-state index >= 15 is 0 Å². The third kappa shape index (κ3) is 2.46. The van der Waals surface area contributed by atoms with E-state index in [1.165, 1.54) is 12.1 Å². The van der Waals surface area contributed by atoms with E-state index in [0.29, 0.717) is 0 Å². The van der Waals surface area contributed by atoms with E-state index in [-0.39, 0.29) is 17.4 Å². The molecular formula is C14H11FN2O. The molecule has 0 radical (unpaired) electrons. The van der Waals surface area contributed by atoms with Crippen molar-refractivity contribution in [2.45, 2.75) is 13.0 Å². The maximum atomic E-state index is 13.4. The molecule has 0 N–H and O–H groups in total. The normalized spacial score (nSPS) is 11.6. The number of hydrogen-bond acceptors (Lipinski definition) is 3. The molecule has 2 aromatic rings. The molecule has 1 aromatic carbocycles. The van der Waals surface area contributed by atoms with Crippen LogP contribution in [0.5, 0.6) is 5.75 Å². The summed E-state index contributed by atoms with van der Waals surface area (Å²) in [5.41, 5.74) is 0.644. The lowest BCUT2D eigenvalue weighted by Gasteiger charge is -2.15. The Morgan fingerprint density at radius 2 is 2.11 bits per heavy atom. The van der Waals surface area contributed by atoms with Gasteiger partial charge in [0.25, 0.3) is 0 Å². The number of hydrogen-bond donors (Lipinski definition) is 0. The molecule has 18 heavy (non-hydrogen) atoms. The Labute approximate surface area is 104 Å². The monoisotopic (exact) mass is 242 g/mol. The molecule has 0 aliphatic heterocycles.